The first-order valence-corrected chi connectivity index (χ1v) is 9.76. The van der Waals surface area contributed by atoms with Gasteiger partial charge in [-0.1, -0.05) is 12.1 Å². The Morgan fingerprint density at radius 3 is 2.89 bits per heavy atom. The first-order valence-electron chi connectivity index (χ1n) is 9.76. The number of benzene rings is 1. The molecule has 2 aliphatic heterocycles. The topological polar surface area (TPSA) is 74.3 Å². The SMILES string of the molecule is COc1cccc(CN2CCC[C@@](O)(CNCCN3CCOCC3)C2=O)c1. The van der Waals surface area contributed by atoms with Crippen molar-refractivity contribution in [2.45, 2.75) is 25.0 Å². The third-order valence-corrected chi connectivity index (χ3v) is 5.34. The number of amides is 1. The standard InChI is InChI=1S/C20H31N3O4/c1-26-18-5-2-4-17(14-18)15-23-8-3-6-20(25,19(23)24)16-21-7-9-22-10-12-27-13-11-22/h2,4-5,14,21,25H,3,6-13,15-16H2,1H3/t20-/m1/s1. The molecule has 0 radical (unpaired) electrons. The second kappa shape index (κ2) is 9.50. The van der Waals surface area contributed by atoms with E-state index in [1.807, 2.05) is 24.3 Å². The number of nitrogens with zero attached hydrogens (tertiary/aromatic N) is 2. The van der Waals surface area contributed by atoms with Crippen LogP contribution in [0.15, 0.2) is 24.3 Å². The highest BCUT2D eigenvalue weighted by molar-refractivity contribution is 5.86. The number of carbonyl (C=O) groups is 1. The van der Waals surface area contributed by atoms with Gasteiger partial charge in [0.15, 0.2) is 5.60 Å². The fourth-order valence-electron chi connectivity index (χ4n) is 3.73. The summed E-state index contributed by atoms with van der Waals surface area (Å²) < 4.78 is 10.6. The fraction of sp³-hybridized carbons (Fsp3) is 0.650. The Labute approximate surface area is 161 Å². The van der Waals surface area contributed by atoms with Crippen molar-refractivity contribution in [1.29, 1.82) is 0 Å². The molecular weight excluding hydrogens is 346 g/mol. The zero-order valence-electron chi connectivity index (χ0n) is 16.2. The summed E-state index contributed by atoms with van der Waals surface area (Å²) in [7, 11) is 1.63. The van der Waals surface area contributed by atoms with Crippen LogP contribution < -0.4 is 10.1 Å². The van der Waals surface area contributed by atoms with E-state index in [1.54, 1.807) is 12.0 Å². The molecule has 0 saturated carbocycles. The highest BCUT2D eigenvalue weighted by Crippen LogP contribution is 2.24. The molecular formula is C20H31N3O4. The van der Waals surface area contributed by atoms with Gasteiger partial charge in [0.2, 0.25) is 0 Å². The quantitative estimate of drug-likeness (QED) is 0.642. The third-order valence-electron chi connectivity index (χ3n) is 5.34. The lowest BCUT2D eigenvalue weighted by Crippen LogP contribution is -2.58. The first kappa shape index (κ1) is 20.1. The number of morpholine rings is 1. The van der Waals surface area contributed by atoms with E-state index in [0.717, 1.165) is 57.1 Å². The van der Waals surface area contributed by atoms with Gasteiger partial charge in [0.1, 0.15) is 5.75 Å². The highest BCUT2D eigenvalue weighted by Gasteiger charge is 2.41. The summed E-state index contributed by atoms with van der Waals surface area (Å²) >= 11 is 0. The number of hydrogen-bond acceptors (Lipinski definition) is 6. The van der Waals surface area contributed by atoms with Crippen molar-refractivity contribution in [3.63, 3.8) is 0 Å². The van der Waals surface area contributed by atoms with Crippen LogP contribution in [-0.4, -0.2) is 86.0 Å². The number of ether oxygens (including phenoxy) is 2. The number of piperidine rings is 1. The molecule has 7 heteroatoms. The number of rotatable bonds is 8. The lowest BCUT2D eigenvalue weighted by Gasteiger charge is -2.38. The number of carbonyl (C=O) groups excluding carboxylic acids is 1. The molecule has 2 aliphatic rings. The van der Waals surface area contributed by atoms with Crippen molar-refractivity contribution in [3.8, 4) is 5.75 Å². The molecule has 0 bridgehead atoms. The average Bonchev–Trinajstić information content (AvgIpc) is 2.70. The van der Waals surface area contributed by atoms with Crippen molar-refractivity contribution in [1.82, 2.24) is 15.1 Å². The molecule has 1 aromatic rings. The lowest BCUT2D eigenvalue weighted by atomic mass is 9.91. The predicted molar refractivity (Wildman–Crippen MR) is 103 cm³/mol. The summed E-state index contributed by atoms with van der Waals surface area (Å²) in [6.45, 7) is 6.57. The summed E-state index contributed by atoms with van der Waals surface area (Å²) in [4.78, 5) is 17.0. The van der Waals surface area contributed by atoms with Crippen LogP contribution in [0.25, 0.3) is 0 Å². The van der Waals surface area contributed by atoms with Gasteiger partial charge < -0.3 is 24.8 Å². The zero-order chi connectivity index (χ0) is 19.1. The van der Waals surface area contributed by atoms with Crippen LogP contribution in [0.3, 0.4) is 0 Å². The van der Waals surface area contributed by atoms with Gasteiger partial charge in [-0.15, -0.1) is 0 Å². The number of aliphatic hydroxyl groups is 1. The van der Waals surface area contributed by atoms with Crippen LogP contribution in [-0.2, 0) is 16.1 Å². The summed E-state index contributed by atoms with van der Waals surface area (Å²) in [5.74, 6) is 0.590. The summed E-state index contributed by atoms with van der Waals surface area (Å²) in [6, 6.07) is 7.71. The fourth-order valence-corrected chi connectivity index (χ4v) is 3.73. The van der Waals surface area contributed by atoms with Crippen LogP contribution in [0.2, 0.25) is 0 Å². The highest BCUT2D eigenvalue weighted by atomic mass is 16.5. The maximum atomic E-state index is 12.9. The lowest BCUT2D eigenvalue weighted by molar-refractivity contribution is -0.157. The molecule has 0 aromatic heterocycles. The van der Waals surface area contributed by atoms with Gasteiger partial charge in [-0.3, -0.25) is 9.69 Å². The Balaban J connectivity index is 1.49. The maximum absolute atomic E-state index is 12.9. The van der Waals surface area contributed by atoms with Crippen LogP contribution in [0.1, 0.15) is 18.4 Å². The van der Waals surface area contributed by atoms with Gasteiger partial charge >= 0.3 is 0 Å². The minimum Gasteiger partial charge on any atom is -0.497 e. The number of hydrogen-bond donors (Lipinski definition) is 2. The van der Waals surface area contributed by atoms with Gasteiger partial charge in [-0.25, -0.2) is 0 Å². The van der Waals surface area contributed by atoms with E-state index in [2.05, 4.69) is 10.2 Å². The molecule has 27 heavy (non-hydrogen) atoms. The molecule has 0 aliphatic carbocycles. The summed E-state index contributed by atoms with van der Waals surface area (Å²) in [6.07, 6.45) is 1.31. The molecule has 150 valence electrons. The molecule has 0 spiro atoms. The van der Waals surface area contributed by atoms with E-state index in [4.69, 9.17) is 9.47 Å². The van der Waals surface area contributed by atoms with Crippen molar-refractivity contribution in [3.05, 3.63) is 29.8 Å². The Morgan fingerprint density at radius 2 is 2.11 bits per heavy atom. The van der Waals surface area contributed by atoms with Gasteiger partial charge in [0, 0.05) is 45.8 Å². The van der Waals surface area contributed by atoms with E-state index in [9.17, 15) is 9.90 Å². The van der Waals surface area contributed by atoms with Crippen molar-refractivity contribution >= 4 is 5.91 Å². The van der Waals surface area contributed by atoms with Gasteiger partial charge in [0.05, 0.1) is 20.3 Å². The normalized spacial score (nSPS) is 24.2. The number of nitrogens with one attached hydrogen (secondary N) is 1. The molecule has 1 atom stereocenters. The van der Waals surface area contributed by atoms with Crippen molar-refractivity contribution in [2.24, 2.45) is 0 Å². The average molecular weight is 377 g/mol. The van der Waals surface area contributed by atoms with E-state index < -0.39 is 5.60 Å². The molecule has 0 unspecified atom stereocenters. The van der Waals surface area contributed by atoms with Crippen LogP contribution >= 0.6 is 0 Å². The first-order chi connectivity index (χ1) is 13.1. The zero-order valence-corrected chi connectivity index (χ0v) is 16.2. The minimum atomic E-state index is -1.32. The van der Waals surface area contributed by atoms with Crippen molar-refractivity contribution in [2.75, 3.05) is 59.6 Å². The van der Waals surface area contributed by atoms with Crippen molar-refractivity contribution < 1.29 is 19.4 Å². The van der Waals surface area contributed by atoms with Gasteiger partial charge in [0.25, 0.3) is 5.91 Å². The number of likely N-dealkylation sites (tertiary alicyclic amines) is 1. The Bertz CT molecular complexity index is 621. The molecule has 1 amide bonds. The molecule has 3 rings (SSSR count). The second-order valence-electron chi connectivity index (χ2n) is 7.34. The predicted octanol–water partition coefficient (Wildman–Crippen LogP) is 0.471. The Hall–Kier alpha value is -1.67. The van der Waals surface area contributed by atoms with E-state index in [1.165, 1.54) is 0 Å². The molecule has 1 aromatic carbocycles. The molecule has 2 saturated heterocycles. The second-order valence-corrected chi connectivity index (χ2v) is 7.34. The smallest absolute Gasteiger partial charge is 0.256 e. The van der Waals surface area contributed by atoms with E-state index in [0.29, 0.717) is 26.1 Å². The monoisotopic (exact) mass is 377 g/mol. The van der Waals surface area contributed by atoms with Crippen LogP contribution in [0.5, 0.6) is 5.75 Å². The van der Waals surface area contributed by atoms with E-state index >= 15 is 0 Å². The molecule has 2 heterocycles. The molecule has 2 fully saturated rings. The summed E-state index contributed by atoms with van der Waals surface area (Å²) in [5, 5.41) is 14.2. The Morgan fingerprint density at radius 1 is 1.30 bits per heavy atom. The maximum Gasteiger partial charge on any atom is 0.256 e. The summed E-state index contributed by atoms with van der Waals surface area (Å²) in [5.41, 5.74) is -0.311. The van der Waals surface area contributed by atoms with Gasteiger partial charge in [-0.05, 0) is 30.5 Å². The van der Waals surface area contributed by atoms with Gasteiger partial charge in [-0.2, -0.15) is 0 Å². The van der Waals surface area contributed by atoms with E-state index in [-0.39, 0.29) is 5.91 Å². The Kier molecular flexibility index (Phi) is 7.07. The van der Waals surface area contributed by atoms with Crippen LogP contribution in [0.4, 0.5) is 0 Å². The third kappa shape index (κ3) is 5.42. The molecule has 7 nitrogen and oxygen atoms in total. The molecule has 2 N–H and O–H groups in total. The largest absolute Gasteiger partial charge is 0.497 e. The minimum absolute atomic E-state index is 0.185. The number of methoxy groups -OCH3 is 1. The van der Waals surface area contributed by atoms with Crippen LogP contribution in [0, 0.1) is 0 Å².